The van der Waals surface area contributed by atoms with E-state index in [1.807, 2.05) is 32.9 Å². The van der Waals surface area contributed by atoms with Crippen LogP contribution >= 0.6 is 24.8 Å². The van der Waals surface area contributed by atoms with Crippen molar-refractivity contribution in [2.24, 2.45) is 0 Å². The molecule has 2 aromatic heterocycles. The highest BCUT2D eigenvalue weighted by atomic mass is 35.5. The molecular formula is C14H21Cl2N3O2. The van der Waals surface area contributed by atoms with Gasteiger partial charge in [0.1, 0.15) is 5.52 Å². The molecule has 2 N–H and O–H groups in total. The van der Waals surface area contributed by atoms with Crippen LogP contribution in [0.5, 0.6) is 0 Å². The molecule has 1 atom stereocenters. The lowest BCUT2D eigenvalue weighted by molar-refractivity contribution is 0.0924. The van der Waals surface area contributed by atoms with E-state index in [1.54, 1.807) is 6.07 Å². The number of likely N-dealkylation sites (N-methyl/N-ethyl adjacent to an activating group) is 1. The molecule has 0 saturated carbocycles. The Labute approximate surface area is 136 Å². The summed E-state index contributed by atoms with van der Waals surface area (Å²) in [6.07, 6.45) is 0. The Morgan fingerprint density at radius 1 is 1.38 bits per heavy atom. The maximum absolute atomic E-state index is 11.9. The molecule has 0 bridgehead atoms. The fourth-order valence-electron chi connectivity index (χ4n) is 1.89. The number of halogens is 2. The fraction of sp³-hybridized carbons (Fsp3) is 0.429. The summed E-state index contributed by atoms with van der Waals surface area (Å²) in [4.78, 5) is 16.3. The molecule has 0 saturated heterocycles. The molecule has 0 spiro atoms. The lowest BCUT2D eigenvalue weighted by atomic mass is 10.3. The van der Waals surface area contributed by atoms with Crippen LogP contribution in [0.4, 0.5) is 0 Å². The van der Waals surface area contributed by atoms with Gasteiger partial charge in [-0.1, -0.05) is 6.92 Å². The average Bonchev–Trinajstić information content (AvgIpc) is 2.79. The van der Waals surface area contributed by atoms with Gasteiger partial charge in [-0.2, -0.15) is 0 Å². The number of pyridine rings is 1. The quantitative estimate of drug-likeness (QED) is 0.882. The first-order valence-electron chi connectivity index (χ1n) is 6.49. The molecule has 0 radical (unpaired) electrons. The summed E-state index contributed by atoms with van der Waals surface area (Å²) in [6, 6.07) is 5.60. The molecule has 0 aliphatic rings. The van der Waals surface area contributed by atoms with Gasteiger partial charge in [-0.05, 0) is 32.5 Å². The first kappa shape index (κ1) is 19.7. The van der Waals surface area contributed by atoms with Gasteiger partial charge in [0.2, 0.25) is 0 Å². The Bertz CT molecular complexity index is 587. The van der Waals surface area contributed by atoms with Crippen molar-refractivity contribution in [1.82, 2.24) is 15.6 Å². The molecule has 2 heterocycles. The second kappa shape index (κ2) is 8.87. The van der Waals surface area contributed by atoms with Gasteiger partial charge >= 0.3 is 0 Å². The van der Waals surface area contributed by atoms with E-state index in [1.165, 1.54) is 0 Å². The largest absolute Gasteiger partial charge is 0.449 e. The molecular weight excluding hydrogens is 313 g/mol. The first-order valence-corrected chi connectivity index (χ1v) is 6.49. The van der Waals surface area contributed by atoms with Crippen molar-refractivity contribution in [2.45, 2.75) is 26.8 Å². The SMILES string of the molecule is CCN[C@H](C)CNC(=O)c1cc2nc(C)ccc2o1.Cl.Cl. The second-order valence-corrected chi connectivity index (χ2v) is 4.62. The Hall–Kier alpha value is -1.30. The number of carbonyl (C=O) groups is 1. The number of hydrogen-bond acceptors (Lipinski definition) is 4. The highest BCUT2D eigenvalue weighted by Gasteiger charge is 2.13. The Balaban J connectivity index is 0.00000200. The van der Waals surface area contributed by atoms with Crippen molar-refractivity contribution in [3.8, 4) is 0 Å². The molecule has 0 aliphatic carbocycles. The van der Waals surface area contributed by atoms with Crippen LogP contribution in [-0.2, 0) is 0 Å². The number of hydrogen-bond donors (Lipinski definition) is 2. The zero-order valence-electron chi connectivity index (χ0n) is 12.3. The normalized spacial score (nSPS) is 11.4. The molecule has 21 heavy (non-hydrogen) atoms. The second-order valence-electron chi connectivity index (χ2n) is 4.62. The predicted octanol–water partition coefficient (Wildman–Crippen LogP) is 2.71. The third-order valence-corrected chi connectivity index (χ3v) is 2.86. The van der Waals surface area contributed by atoms with Gasteiger partial charge in [-0.25, -0.2) is 4.98 Å². The van der Waals surface area contributed by atoms with Crippen molar-refractivity contribution in [3.05, 3.63) is 29.7 Å². The highest BCUT2D eigenvalue weighted by molar-refractivity contribution is 5.95. The topological polar surface area (TPSA) is 67.2 Å². The van der Waals surface area contributed by atoms with Gasteiger partial charge in [-0.3, -0.25) is 4.79 Å². The number of fused-ring (bicyclic) bond motifs is 1. The summed E-state index contributed by atoms with van der Waals surface area (Å²) in [5.74, 6) is 0.0946. The predicted molar refractivity (Wildman–Crippen MR) is 88.7 cm³/mol. The number of furan rings is 1. The van der Waals surface area contributed by atoms with Gasteiger partial charge in [0.25, 0.3) is 5.91 Å². The summed E-state index contributed by atoms with van der Waals surface area (Å²) in [5, 5.41) is 6.06. The van der Waals surface area contributed by atoms with Gasteiger partial charge in [0, 0.05) is 24.3 Å². The summed E-state index contributed by atoms with van der Waals surface area (Å²) in [7, 11) is 0. The van der Waals surface area contributed by atoms with E-state index in [2.05, 4.69) is 15.6 Å². The van der Waals surface area contributed by atoms with Gasteiger partial charge in [0.05, 0.1) is 0 Å². The summed E-state index contributed by atoms with van der Waals surface area (Å²) in [6.45, 7) is 7.41. The Morgan fingerprint density at radius 3 is 2.76 bits per heavy atom. The van der Waals surface area contributed by atoms with Crippen LogP contribution in [0.25, 0.3) is 11.1 Å². The smallest absolute Gasteiger partial charge is 0.287 e. The van der Waals surface area contributed by atoms with Gasteiger partial charge in [0.15, 0.2) is 11.3 Å². The van der Waals surface area contributed by atoms with E-state index < -0.39 is 0 Å². The number of rotatable bonds is 5. The van der Waals surface area contributed by atoms with Crippen molar-refractivity contribution >= 4 is 41.8 Å². The van der Waals surface area contributed by atoms with Crippen molar-refractivity contribution < 1.29 is 9.21 Å². The standard InChI is InChI=1S/C14H19N3O2.2ClH/c1-4-15-10(3)8-16-14(18)13-7-11-12(19-13)6-5-9(2)17-11;;/h5-7,10,15H,4,8H2,1-3H3,(H,16,18);2*1H/t10-;;/m1../s1. The van der Waals surface area contributed by atoms with Crippen LogP contribution < -0.4 is 10.6 Å². The van der Waals surface area contributed by atoms with Crippen molar-refractivity contribution in [1.29, 1.82) is 0 Å². The van der Waals surface area contributed by atoms with E-state index in [0.717, 1.165) is 12.2 Å². The lowest BCUT2D eigenvalue weighted by Crippen LogP contribution is -2.38. The molecule has 5 nitrogen and oxygen atoms in total. The van der Waals surface area contributed by atoms with Gasteiger partial charge < -0.3 is 15.1 Å². The number of nitrogens with zero attached hydrogens (tertiary/aromatic N) is 1. The minimum atomic E-state index is -0.208. The fourth-order valence-corrected chi connectivity index (χ4v) is 1.89. The molecule has 1 amide bonds. The number of amides is 1. The summed E-state index contributed by atoms with van der Waals surface area (Å²) in [5.41, 5.74) is 2.25. The summed E-state index contributed by atoms with van der Waals surface area (Å²) < 4.78 is 5.48. The van der Waals surface area contributed by atoms with Crippen LogP contribution in [0.3, 0.4) is 0 Å². The van der Waals surface area contributed by atoms with E-state index in [-0.39, 0.29) is 36.8 Å². The number of nitrogens with one attached hydrogen (secondary N) is 2. The Kier molecular flexibility index (Phi) is 8.32. The molecule has 0 aromatic carbocycles. The molecule has 2 aromatic rings. The van der Waals surface area contributed by atoms with Crippen LogP contribution in [0.15, 0.2) is 22.6 Å². The number of carbonyl (C=O) groups excluding carboxylic acids is 1. The third kappa shape index (κ3) is 5.19. The van der Waals surface area contributed by atoms with E-state index >= 15 is 0 Å². The van der Waals surface area contributed by atoms with E-state index in [4.69, 9.17) is 4.42 Å². The maximum atomic E-state index is 11.9. The lowest BCUT2D eigenvalue weighted by Gasteiger charge is -2.12. The van der Waals surface area contributed by atoms with E-state index in [9.17, 15) is 4.79 Å². The zero-order valence-corrected chi connectivity index (χ0v) is 13.9. The van der Waals surface area contributed by atoms with Crippen molar-refractivity contribution in [2.75, 3.05) is 13.1 Å². The minimum absolute atomic E-state index is 0. The van der Waals surface area contributed by atoms with Crippen molar-refractivity contribution in [3.63, 3.8) is 0 Å². The maximum Gasteiger partial charge on any atom is 0.287 e. The van der Waals surface area contributed by atoms with Crippen LogP contribution in [0.2, 0.25) is 0 Å². The Morgan fingerprint density at radius 2 is 2.10 bits per heavy atom. The van der Waals surface area contributed by atoms with Crippen LogP contribution in [0.1, 0.15) is 30.1 Å². The molecule has 7 heteroatoms. The molecule has 2 rings (SSSR count). The first-order chi connectivity index (χ1) is 9.10. The van der Waals surface area contributed by atoms with Crippen LogP contribution in [-0.4, -0.2) is 30.0 Å². The van der Waals surface area contributed by atoms with E-state index in [0.29, 0.717) is 23.4 Å². The molecule has 0 unspecified atom stereocenters. The minimum Gasteiger partial charge on any atom is -0.449 e. The molecule has 0 fully saturated rings. The number of aryl methyl sites for hydroxylation is 1. The van der Waals surface area contributed by atoms with Crippen LogP contribution in [0, 0.1) is 6.92 Å². The third-order valence-electron chi connectivity index (χ3n) is 2.86. The number of aromatic nitrogens is 1. The average molecular weight is 334 g/mol. The molecule has 118 valence electrons. The monoisotopic (exact) mass is 333 g/mol. The highest BCUT2D eigenvalue weighted by Crippen LogP contribution is 2.17. The zero-order chi connectivity index (χ0) is 13.8. The molecule has 0 aliphatic heterocycles. The van der Waals surface area contributed by atoms with Gasteiger partial charge in [-0.15, -0.1) is 24.8 Å². The summed E-state index contributed by atoms with van der Waals surface area (Å²) >= 11 is 0.